The Morgan fingerprint density at radius 2 is 0.653 bits per heavy atom. The van der Waals surface area contributed by atoms with E-state index in [0.29, 0.717) is 39.5 Å². The largest absolute Gasteiger partial charge is 0.497 e. The third kappa shape index (κ3) is 25.5. The third-order valence-electron chi connectivity index (χ3n) is 22.9. The summed E-state index contributed by atoms with van der Waals surface area (Å²) in [4.78, 5) is 8.18. The maximum absolute atomic E-state index is 14.1. The van der Waals surface area contributed by atoms with Crippen molar-refractivity contribution in [3.05, 3.63) is 252 Å². The molecule has 0 bridgehead atoms. The van der Waals surface area contributed by atoms with Crippen LogP contribution in [0, 0.1) is 3.57 Å². The van der Waals surface area contributed by atoms with E-state index in [9.17, 15) is 140 Å². The molecule has 0 atom stereocenters. The van der Waals surface area contributed by atoms with E-state index in [4.69, 9.17) is 58.2 Å². The van der Waals surface area contributed by atoms with Crippen LogP contribution in [0.15, 0.2) is 194 Å². The molecule has 2 fully saturated rings. The van der Waals surface area contributed by atoms with Gasteiger partial charge in [-0.1, -0.05) is 155 Å². The number of rotatable bonds is 13. The molecule has 2 aliphatic carbocycles. The molecule has 10 aromatic rings. The fourth-order valence-electron chi connectivity index (χ4n) is 13.2. The van der Waals surface area contributed by atoms with Crippen LogP contribution in [0.4, 0.5) is 140 Å². The summed E-state index contributed by atoms with van der Waals surface area (Å²) in [5.41, 5.74) is -5.78. The van der Waals surface area contributed by atoms with Gasteiger partial charge in [-0.2, -0.15) is 140 Å². The fraction of sp³-hybridized carbons (Fsp3) is 0.419. The topological polar surface area (TPSA) is 90.4 Å². The van der Waals surface area contributed by atoms with Crippen molar-refractivity contribution in [1.82, 2.24) is 9.97 Å². The Morgan fingerprint density at radius 3 is 1.01 bits per heavy atom. The van der Waals surface area contributed by atoms with Gasteiger partial charge in [0.05, 0.1) is 49.4 Å². The summed E-state index contributed by atoms with van der Waals surface area (Å²) in [5, 5.41) is 6.84. The molecule has 2 saturated heterocycles. The quantitative estimate of drug-likeness (QED) is 0.0368. The predicted molar refractivity (Wildman–Crippen MR) is 513 cm³/mol. The van der Waals surface area contributed by atoms with Crippen LogP contribution in [-0.2, 0) is 76.1 Å². The van der Waals surface area contributed by atoms with E-state index < -0.39 is 141 Å². The van der Waals surface area contributed by atoms with Crippen molar-refractivity contribution in [2.24, 2.45) is 0 Å². The average Bonchev–Trinajstić information content (AvgIpc) is 0.841. The number of pyridine rings is 2. The second kappa shape index (κ2) is 44.4. The molecule has 4 heterocycles. The summed E-state index contributed by atoms with van der Waals surface area (Å²) in [6.07, 6.45) is 3.31. The molecule has 8 aromatic carbocycles. The number of hydrogen-bond donors (Lipinski definition) is 0. The predicted octanol–water partition coefficient (Wildman–Crippen LogP) is 33.0. The maximum atomic E-state index is 14.1. The van der Waals surface area contributed by atoms with Gasteiger partial charge in [0.25, 0.3) is 0 Å². The molecule has 14 rings (SSSR count). The second-order valence-corrected chi connectivity index (χ2v) is 42.5. The van der Waals surface area contributed by atoms with Crippen LogP contribution < -0.4 is 25.1 Å². The molecule has 0 N–H and O–H groups in total. The SMILES string of the molecule is CC(C)(C)c1cc(-c2cc(Cl)ccn2)cc2ccccc12.CC(C)(C)c1cc(B2OC(C)(C)C(C)(C)O2)cc2ccccc12.CC1(C)OB(c2ccc3c(c2)C(F)(F)C(F)(F)C(F)(F)C3(F)F)OC1(C)C.COc1ccc(C(F)(F)C(F)(F)C(F)(F)C(F)(F)I)cc1.COc1ccc(I)cc1.COc1ccc2c(c1)C(F)(F)C(F)(F)C(F)(F)C2(F)F.Clc1ccnc(Cl)c1.FC(F)(I)C(F)(F)C(F)(F)C(F)(F)I.[Cu]. The van der Waals surface area contributed by atoms with Gasteiger partial charge in [0.2, 0.25) is 0 Å². The zero-order valence-corrected chi connectivity index (χ0v) is 89.3. The first-order valence-electron chi connectivity index (χ1n) is 41.0. The molecule has 51 heteroatoms. The van der Waals surface area contributed by atoms with Gasteiger partial charge in [0, 0.05) is 144 Å². The number of fused-ring (bicyclic) bond motifs is 4. The minimum Gasteiger partial charge on any atom is -0.497 e. The average molecular weight is 2650 g/mol. The van der Waals surface area contributed by atoms with Gasteiger partial charge in [0.1, 0.15) is 22.4 Å². The van der Waals surface area contributed by atoms with Crippen molar-refractivity contribution in [3.8, 4) is 28.5 Å². The van der Waals surface area contributed by atoms with Crippen molar-refractivity contribution in [1.29, 1.82) is 0 Å². The van der Waals surface area contributed by atoms with Crippen molar-refractivity contribution in [2.45, 2.75) is 219 Å². The molecule has 797 valence electrons. The summed E-state index contributed by atoms with van der Waals surface area (Å²) in [5.74, 6) is -76.7. The molecule has 1 radical (unpaired) electrons. The van der Waals surface area contributed by atoms with Gasteiger partial charge in [-0.3, -0.25) is 4.98 Å². The first-order chi connectivity index (χ1) is 64.4. The number of halogens is 39. The van der Waals surface area contributed by atoms with Crippen LogP contribution in [0.3, 0.4) is 0 Å². The standard InChI is InChI=1S/C20H27BO2.C19H18ClN.C16H15BF8O2.C11H7F8IO.C11H6F8O.C7H7IO.C5H3Cl2N.C4F8I2.Cu/c1-18(2,3)17-13-15(12-14-10-8-9-11-16(14)17)21-22-19(4,5)20(6,7)23-21;1-19(2,3)17-11-14(18-12-15(20)8-9-21-18)10-13-6-4-5-7-16(13)17;1-11(2)12(3,4)27-17(26-11)8-5-6-9-10(7-8)14(20,21)16(24,25)15(22,23)13(9,18)19;1-21-7-4-2-6(3-5-7)8(12,13)9(14,15)10(16,17)11(18,19)20;1-20-5-2-3-6-7(4-5)9(14,15)11(18,19)10(16,17)8(6,12)13;1-9-7-4-2-6(8)3-5-7;6-4-1-2-8-5(7)3-4;5-1(6,3(9,10)13)2(7,8)4(11,12)14;/h8-13H,1-7H3;4-12H,1-3H3;5-7H,1-4H3;2-5H,1H3;2-4H,1H3;2-5H,1H3;1-3H;;. The van der Waals surface area contributed by atoms with E-state index >= 15 is 0 Å². The first kappa shape index (κ1) is 127. The zero-order valence-electron chi connectivity index (χ0n) is 77.4. The van der Waals surface area contributed by atoms with Gasteiger partial charge in [-0.15, -0.1) is 0 Å². The van der Waals surface area contributed by atoms with Crippen molar-refractivity contribution < 1.29 is 190 Å². The minimum atomic E-state index is -6.29. The van der Waals surface area contributed by atoms with Crippen molar-refractivity contribution in [2.75, 3.05) is 21.3 Å². The Balaban J connectivity index is 0.000000257. The molecule has 0 unspecified atom stereocenters. The Labute approximate surface area is 885 Å². The van der Waals surface area contributed by atoms with Gasteiger partial charge in [0.15, 0.2) is 0 Å². The number of hydrogen-bond acceptors (Lipinski definition) is 9. The molecular formula is C93H83B2Cl3CuF32I4N2O7. The molecule has 9 nitrogen and oxygen atoms in total. The molecule has 144 heavy (non-hydrogen) atoms. The molecule has 4 aliphatic rings. The Hall–Kier alpha value is -5.98. The van der Waals surface area contributed by atoms with Crippen LogP contribution in [0.1, 0.15) is 136 Å². The summed E-state index contributed by atoms with van der Waals surface area (Å²) in [6.45, 7) is 28.4. The number of ether oxygens (including phenoxy) is 3. The van der Waals surface area contributed by atoms with Crippen LogP contribution in [0.2, 0.25) is 15.2 Å². The molecule has 2 aromatic heterocycles. The van der Waals surface area contributed by atoms with E-state index in [1.165, 1.54) is 36.2 Å². The third-order valence-corrected chi connectivity index (χ3v) is 26.3. The molecule has 0 saturated carbocycles. The van der Waals surface area contributed by atoms with E-state index in [-0.39, 0.29) is 143 Å². The molecule has 0 amide bonds. The summed E-state index contributed by atoms with van der Waals surface area (Å²) in [7, 11) is 2.17. The van der Waals surface area contributed by atoms with Crippen LogP contribution in [0.5, 0.6) is 17.2 Å². The number of benzene rings is 8. The Bertz CT molecular complexity index is 6040. The smallest absolute Gasteiger partial charge is 0.494 e. The fourth-order valence-corrected chi connectivity index (χ4v) is 15.2. The second-order valence-electron chi connectivity index (χ2n) is 35.9. The molecular weight excluding hydrogens is 2560 g/mol. The van der Waals surface area contributed by atoms with Gasteiger partial charge in [-0.25, -0.2) is 4.98 Å². The van der Waals surface area contributed by atoms with E-state index in [1.54, 1.807) is 65.4 Å². The monoisotopic (exact) mass is 2650 g/mol. The zero-order chi connectivity index (χ0) is 110. The summed E-state index contributed by atoms with van der Waals surface area (Å²) < 4.78 is 442. The number of aromatic nitrogens is 2. The number of alkyl halides is 35. The van der Waals surface area contributed by atoms with Crippen molar-refractivity contribution >= 4 is 172 Å². The van der Waals surface area contributed by atoms with E-state index in [1.807, 2.05) is 30.3 Å². The van der Waals surface area contributed by atoms with Gasteiger partial charge >= 0.3 is 103 Å². The molecule has 0 spiro atoms. The van der Waals surface area contributed by atoms with E-state index in [0.717, 1.165) is 54.9 Å². The van der Waals surface area contributed by atoms with Crippen molar-refractivity contribution in [3.63, 3.8) is 0 Å². The number of nitrogens with zero attached hydrogens (tertiary/aromatic N) is 2. The summed E-state index contributed by atoms with van der Waals surface area (Å²) in [6, 6.07) is 45.8. The maximum Gasteiger partial charge on any atom is 0.494 e. The normalized spacial score (nSPS) is 18.5. The Kier molecular flexibility index (Phi) is 39.0. The first-order valence-corrected chi connectivity index (χ1v) is 46.4. The number of methoxy groups -OCH3 is 3. The van der Waals surface area contributed by atoms with Gasteiger partial charge in [-0.05, 0) is 236 Å². The molecule has 2 aliphatic heterocycles. The van der Waals surface area contributed by atoms with E-state index in [2.05, 4.69) is 184 Å². The minimum absolute atomic E-state index is 0. The summed E-state index contributed by atoms with van der Waals surface area (Å²) >= 11 is 18.4. The van der Waals surface area contributed by atoms with Crippen LogP contribution in [0.25, 0.3) is 32.8 Å². The van der Waals surface area contributed by atoms with Crippen LogP contribution in [-0.4, -0.2) is 127 Å². The van der Waals surface area contributed by atoms with Gasteiger partial charge < -0.3 is 32.8 Å². The Morgan fingerprint density at radius 1 is 0.333 bits per heavy atom. The van der Waals surface area contributed by atoms with Crippen LogP contribution >= 0.6 is 125 Å².